The Balaban J connectivity index is 1.29. The molecule has 0 saturated carbocycles. The third-order valence-electron chi connectivity index (χ3n) is 6.38. The second-order valence-corrected chi connectivity index (χ2v) is 10.8. The molecule has 2 N–H and O–H groups in total. The number of aromatic nitrogens is 1. The SMILES string of the molecule is CCOc1ccc2nc(N3CC(SC4=C(C(=O)O)N5C(=O)[C@H]([C@@H](C)O)[C@H]5[C@H]4C)C3)sc2c1. The number of rotatable bonds is 7. The van der Waals surface area contributed by atoms with Crippen LogP contribution in [0.4, 0.5) is 5.13 Å². The molecule has 0 bridgehead atoms. The van der Waals surface area contributed by atoms with E-state index in [4.69, 9.17) is 9.72 Å². The van der Waals surface area contributed by atoms with Crippen LogP contribution in [0.5, 0.6) is 5.75 Å². The van der Waals surface area contributed by atoms with Crippen LogP contribution >= 0.6 is 23.1 Å². The molecule has 170 valence electrons. The molecule has 5 rings (SSSR count). The van der Waals surface area contributed by atoms with Gasteiger partial charge in [0.05, 0.1) is 34.9 Å². The molecule has 3 aliphatic rings. The Bertz CT molecular complexity index is 1120. The molecule has 0 radical (unpaired) electrons. The van der Waals surface area contributed by atoms with Gasteiger partial charge in [0.2, 0.25) is 5.91 Å². The third-order valence-corrected chi connectivity index (χ3v) is 8.91. The summed E-state index contributed by atoms with van der Waals surface area (Å²) in [5.41, 5.74) is 1.04. The van der Waals surface area contributed by atoms with E-state index in [1.54, 1.807) is 30.0 Å². The first kappa shape index (κ1) is 21.5. The molecule has 32 heavy (non-hydrogen) atoms. The molecule has 3 aliphatic heterocycles. The van der Waals surface area contributed by atoms with Crippen LogP contribution in [-0.4, -0.2) is 69.1 Å². The van der Waals surface area contributed by atoms with Crippen LogP contribution in [-0.2, 0) is 9.59 Å². The van der Waals surface area contributed by atoms with Crippen molar-refractivity contribution in [3.05, 3.63) is 28.8 Å². The lowest BCUT2D eigenvalue weighted by molar-refractivity contribution is -0.163. The van der Waals surface area contributed by atoms with E-state index in [-0.39, 0.29) is 28.8 Å². The molecule has 4 heterocycles. The van der Waals surface area contributed by atoms with Gasteiger partial charge in [0.25, 0.3) is 0 Å². The van der Waals surface area contributed by atoms with Gasteiger partial charge in [-0.05, 0) is 32.0 Å². The molecule has 4 atom stereocenters. The van der Waals surface area contributed by atoms with Crippen LogP contribution in [0.1, 0.15) is 20.8 Å². The number of carbonyl (C=O) groups is 2. The van der Waals surface area contributed by atoms with Crippen molar-refractivity contribution in [1.82, 2.24) is 9.88 Å². The Morgan fingerprint density at radius 2 is 2.16 bits per heavy atom. The number of hydrogen-bond donors (Lipinski definition) is 2. The highest BCUT2D eigenvalue weighted by Crippen LogP contribution is 2.52. The second kappa shape index (κ2) is 7.93. The van der Waals surface area contributed by atoms with Crippen molar-refractivity contribution in [2.45, 2.75) is 38.2 Å². The van der Waals surface area contributed by atoms with E-state index in [1.165, 1.54) is 4.90 Å². The number of thiazole rings is 1. The number of β-lactam (4-membered cyclic amide) rings is 1. The van der Waals surface area contributed by atoms with Gasteiger partial charge >= 0.3 is 5.97 Å². The van der Waals surface area contributed by atoms with Crippen LogP contribution < -0.4 is 9.64 Å². The van der Waals surface area contributed by atoms with Crippen molar-refractivity contribution in [3.8, 4) is 5.75 Å². The number of carbonyl (C=O) groups excluding carboxylic acids is 1. The fourth-order valence-corrected chi connectivity index (χ4v) is 7.34. The van der Waals surface area contributed by atoms with Gasteiger partial charge in [-0.15, -0.1) is 11.8 Å². The molecule has 1 amide bonds. The molecular formula is C22H25N3O5S2. The van der Waals surface area contributed by atoms with Crippen LogP contribution in [0.3, 0.4) is 0 Å². The van der Waals surface area contributed by atoms with Crippen LogP contribution in [0, 0.1) is 11.8 Å². The number of hydrogen-bond acceptors (Lipinski definition) is 8. The van der Waals surface area contributed by atoms with Crippen LogP contribution in [0.15, 0.2) is 28.8 Å². The van der Waals surface area contributed by atoms with Gasteiger partial charge in [-0.1, -0.05) is 18.3 Å². The Morgan fingerprint density at radius 3 is 2.81 bits per heavy atom. The zero-order chi connectivity index (χ0) is 22.7. The number of nitrogens with zero attached hydrogens (tertiary/aromatic N) is 3. The Morgan fingerprint density at radius 1 is 1.41 bits per heavy atom. The summed E-state index contributed by atoms with van der Waals surface area (Å²) in [5, 5.41) is 20.9. The number of anilines is 1. The van der Waals surface area contributed by atoms with Crippen molar-refractivity contribution in [1.29, 1.82) is 0 Å². The highest BCUT2D eigenvalue weighted by molar-refractivity contribution is 8.03. The maximum atomic E-state index is 12.5. The summed E-state index contributed by atoms with van der Waals surface area (Å²) >= 11 is 3.18. The number of ether oxygens (including phenoxy) is 1. The lowest BCUT2D eigenvalue weighted by Crippen LogP contribution is -2.63. The molecule has 2 aromatic rings. The van der Waals surface area contributed by atoms with Crippen molar-refractivity contribution in [2.75, 3.05) is 24.6 Å². The largest absolute Gasteiger partial charge is 0.494 e. The first-order valence-corrected chi connectivity index (χ1v) is 12.4. The van der Waals surface area contributed by atoms with E-state index < -0.39 is 18.0 Å². The Kier molecular flexibility index (Phi) is 5.34. The summed E-state index contributed by atoms with van der Waals surface area (Å²) in [4.78, 5) is 33.5. The van der Waals surface area contributed by atoms with E-state index in [0.717, 1.165) is 39.1 Å². The number of carboxylic acids is 1. The lowest BCUT2D eigenvalue weighted by Gasteiger charge is -2.46. The highest BCUT2D eigenvalue weighted by atomic mass is 32.2. The fourth-order valence-electron chi connectivity index (χ4n) is 4.81. The smallest absolute Gasteiger partial charge is 0.353 e. The van der Waals surface area contributed by atoms with Gasteiger partial charge in [-0.25, -0.2) is 9.78 Å². The molecule has 1 aromatic carbocycles. The standard InChI is InChI=1S/C22H25N3O5S2/c1-4-30-12-5-6-14-15(7-12)32-22(23-14)24-8-13(9-24)31-19-10(2)17-16(11(3)26)20(27)25(17)18(19)21(28)29/h5-7,10-11,13,16-17,26H,4,8-9H2,1-3H3,(H,28,29)/t10-,11-,16-,17-/m1/s1. The van der Waals surface area contributed by atoms with Gasteiger partial charge in [0, 0.05) is 29.2 Å². The maximum absolute atomic E-state index is 12.5. The maximum Gasteiger partial charge on any atom is 0.353 e. The molecule has 0 spiro atoms. The summed E-state index contributed by atoms with van der Waals surface area (Å²) in [6.45, 7) is 7.67. The number of fused-ring (bicyclic) bond motifs is 2. The minimum absolute atomic E-state index is 0.0938. The minimum Gasteiger partial charge on any atom is -0.494 e. The Hall–Kier alpha value is -2.30. The van der Waals surface area contributed by atoms with Gasteiger partial charge in [0.1, 0.15) is 11.4 Å². The number of amides is 1. The van der Waals surface area contributed by atoms with E-state index in [9.17, 15) is 19.8 Å². The van der Waals surface area contributed by atoms with Crippen molar-refractivity contribution < 1.29 is 24.5 Å². The highest BCUT2D eigenvalue weighted by Gasteiger charge is 2.60. The van der Waals surface area contributed by atoms with Crippen molar-refractivity contribution >= 4 is 50.3 Å². The van der Waals surface area contributed by atoms with Gasteiger partial charge in [-0.3, -0.25) is 4.79 Å². The summed E-state index contributed by atoms with van der Waals surface area (Å²) in [6, 6.07) is 5.64. The molecule has 0 unspecified atom stereocenters. The first-order valence-electron chi connectivity index (χ1n) is 10.7. The molecule has 2 saturated heterocycles. The second-order valence-electron chi connectivity index (χ2n) is 8.48. The number of aliphatic hydroxyl groups excluding tert-OH is 1. The molecule has 2 fully saturated rings. The van der Waals surface area contributed by atoms with E-state index in [2.05, 4.69) is 4.90 Å². The van der Waals surface area contributed by atoms with E-state index >= 15 is 0 Å². The summed E-state index contributed by atoms with van der Waals surface area (Å²) in [5.74, 6) is -1.16. The number of benzene rings is 1. The first-order chi connectivity index (χ1) is 15.3. The molecule has 1 aromatic heterocycles. The zero-order valence-electron chi connectivity index (χ0n) is 18.0. The molecule has 8 nitrogen and oxygen atoms in total. The molecule has 0 aliphatic carbocycles. The molecule has 10 heteroatoms. The predicted molar refractivity (Wildman–Crippen MR) is 124 cm³/mol. The minimum atomic E-state index is -1.08. The number of thioether (sulfide) groups is 1. The fraction of sp³-hybridized carbons (Fsp3) is 0.500. The van der Waals surface area contributed by atoms with Crippen LogP contribution in [0.2, 0.25) is 0 Å². The van der Waals surface area contributed by atoms with E-state index in [1.807, 2.05) is 32.0 Å². The quantitative estimate of drug-likeness (QED) is 0.590. The predicted octanol–water partition coefficient (Wildman–Crippen LogP) is 2.77. The average molecular weight is 476 g/mol. The summed E-state index contributed by atoms with van der Waals surface area (Å²) in [7, 11) is 0. The lowest BCUT2D eigenvalue weighted by atomic mass is 9.79. The normalized spacial score (nSPS) is 26.2. The van der Waals surface area contributed by atoms with Gasteiger partial charge < -0.3 is 24.7 Å². The third kappa shape index (κ3) is 3.27. The van der Waals surface area contributed by atoms with Crippen molar-refractivity contribution in [3.63, 3.8) is 0 Å². The number of aliphatic carboxylic acids is 1. The van der Waals surface area contributed by atoms with Gasteiger partial charge in [-0.2, -0.15) is 0 Å². The summed E-state index contributed by atoms with van der Waals surface area (Å²) < 4.78 is 6.65. The zero-order valence-corrected chi connectivity index (χ0v) is 19.7. The van der Waals surface area contributed by atoms with Gasteiger partial charge in [0.15, 0.2) is 5.13 Å². The van der Waals surface area contributed by atoms with Crippen molar-refractivity contribution in [2.24, 2.45) is 11.8 Å². The van der Waals surface area contributed by atoms with E-state index in [0.29, 0.717) is 6.61 Å². The molecular weight excluding hydrogens is 450 g/mol. The van der Waals surface area contributed by atoms with Crippen LogP contribution in [0.25, 0.3) is 10.2 Å². The summed E-state index contributed by atoms with van der Waals surface area (Å²) in [6.07, 6.45) is -0.785. The monoisotopic (exact) mass is 475 g/mol. The topological polar surface area (TPSA) is 103 Å². The average Bonchev–Trinajstić information content (AvgIpc) is 3.21. The Labute approximate surface area is 193 Å². The number of carboxylic acid groups (broad SMARTS) is 1. The number of aliphatic hydroxyl groups is 1.